The van der Waals surface area contributed by atoms with Crippen molar-refractivity contribution in [1.82, 2.24) is 4.98 Å². The quantitative estimate of drug-likeness (QED) is 0.739. The fourth-order valence-electron chi connectivity index (χ4n) is 2.17. The summed E-state index contributed by atoms with van der Waals surface area (Å²) in [6, 6.07) is 5.37. The topological polar surface area (TPSA) is 93.9 Å². The van der Waals surface area contributed by atoms with E-state index < -0.39 is 17.7 Å². The van der Waals surface area contributed by atoms with E-state index in [1.54, 1.807) is 13.0 Å². The van der Waals surface area contributed by atoms with E-state index in [-0.39, 0.29) is 12.8 Å². The predicted molar refractivity (Wildman–Crippen MR) is 68.9 cm³/mol. The molecule has 1 aromatic heterocycles. The van der Waals surface area contributed by atoms with Gasteiger partial charge in [-0.2, -0.15) is 0 Å². The third-order valence-corrected chi connectivity index (χ3v) is 3.50. The molecule has 2 heterocycles. The molecule has 0 spiro atoms. The third kappa shape index (κ3) is 2.85. The smallest absolute Gasteiger partial charge is 0.335 e. The molecule has 6 nitrogen and oxygen atoms in total. The first kappa shape index (κ1) is 13.8. The summed E-state index contributed by atoms with van der Waals surface area (Å²) in [7, 11) is 0. The molecule has 1 aliphatic rings. The van der Waals surface area contributed by atoms with Crippen molar-refractivity contribution >= 4 is 11.8 Å². The second kappa shape index (κ2) is 5.14. The van der Waals surface area contributed by atoms with Crippen molar-refractivity contribution in [3.8, 4) is 0 Å². The van der Waals surface area contributed by atoms with Crippen LogP contribution in [0.5, 0.6) is 0 Å². The van der Waals surface area contributed by atoms with Crippen LogP contribution in [0.1, 0.15) is 31.6 Å². The Balaban J connectivity index is 2.09. The van der Waals surface area contributed by atoms with Crippen LogP contribution in [0.2, 0.25) is 0 Å². The predicted octanol–water partition coefficient (Wildman–Crippen LogP) is 0.551. The molecule has 1 aromatic rings. The minimum absolute atomic E-state index is 0.170. The summed E-state index contributed by atoms with van der Waals surface area (Å²) in [5, 5.41) is 28.3. The van der Waals surface area contributed by atoms with E-state index in [0.717, 1.165) is 0 Å². The minimum Gasteiger partial charge on any atom is -0.479 e. The van der Waals surface area contributed by atoms with Gasteiger partial charge in [0.2, 0.25) is 0 Å². The van der Waals surface area contributed by atoms with Crippen molar-refractivity contribution in [2.45, 2.75) is 31.5 Å². The SMILES string of the molecule is C[C@@H](O)c1cccc(N2CCC(O)(C(=O)O)CC2)n1. The lowest BCUT2D eigenvalue weighted by Crippen LogP contribution is -2.49. The van der Waals surface area contributed by atoms with Crippen LogP contribution in [0, 0.1) is 0 Å². The van der Waals surface area contributed by atoms with Crippen molar-refractivity contribution in [3.05, 3.63) is 23.9 Å². The van der Waals surface area contributed by atoms with E-state index in [1.165, 1.54) is 0 Å². The molecule has 104 valence electrons. The monoisotopic (exact) mass is 266 g/mol. The number of aliphatic hydroxyl groups excluding tert-OH is 1. The highest BCUT2D eigenvalue weighted by Crippen LogP contribution is 2.26. The average molecular weight is 266 g/mol. The number of carbonyl (C=O) groups is 1. The number of pyridine rings is 1. The Hall–Kier alpha value is -1.66. The molecule has 0 bridgehead atoms. The Labute approximate surface area is 111 Å². The van der Waals surface area contributed by atoms with Gasteiger partial charge in [0, 0.05) is 25.9 Å². The van der Waals surface area contributed by atoms with E-state index in [1.807, 2.05) is 17.0 Å². The summed E-state index contributed by atoms with van der Waals surface area (Å²) in [5.41, 5.74) is -1.05. The molecule has 2 rings (SSSR count). The molecule has 6 heteroatoms. The maximum Gasteiger partial charge on any atom is 0.335 e. The Morgan fingerprint density at radius 3 is 2.58 bits per heavy atom. The minimum atomic E-state index is -1.63. The molecule has 3 N–H and O–H groups in total. The summed E-state index contributed by atoms with van der Waals surface area (Å²) < 4.78 is 0. The molecular weight excluding hydrogens is 248 g/mol. The Kier molecular flexibility index (Phi) is 3.73. The number of nitrogens with zero attached hydrogens (tertiary/aromatic N) is 2. The van der Waals surface area contributed by atoms with Crippen LogP contribution >= 0.6 is 0 Å². The van der Waals surface area contributed by atoms with Gasteiger partial charge in [-0.15, -0.1) is 0 Å². The van der Waals surface area contributed by atoms with Gasteiger partial charge in [-0.3, -0.25) is 0 Å². The van der Waals surface area contributed by atoms with Gasteiger partial charge in [0.25, 0.3) is 0 Å². The number of anilines is 1. The molecule has 0 unspecified atom stereocenters. The molecule has 19 heavy (non-hydrogen) atoms. The Morgan fingerprint density at radius 1 is 1.42 bits per heavy atom. The van der Waals surface area contributed by atoms with Crippen LogP contribution in [-0.4, -0.2) is 45.0 Å². The normalized spacial score (nSPS) is 20.1. The summed E-state index contributed by atoms with van der Waals surface area (Å²) in [4.78, 5) is 17.2. The van der Waals surface area contributed by atoms with Gasteiger partial charge < -0.3 is 20.2 Å². The summed E-state index contributed by atoms with van der Waals surface area (Å²) in [6.45, 7) is 2.50. The van der Waals surface area contributed by atoms with Gasteiger partial charge in [-0.25, -0.2) is 9.78 Å². The van der Waals surface area contributed by atoms with E-state index in [0.29, 0.717) is 24.6 Å². The lowest BCUT2D eigenvalue weighted by molar-refractivity contribution is -0.160. The van der Waals surface area contributed by atoms with Gasteiger partial charge in [0.15, 0.2) is 5.60 Å². The highest BCUT2D eigenvalue weighted by molar-refractivity contribution is 5.77. The van der Waals surface area contributed by atoms with Crippen LogP contribution in [0.4, 0.5) is 5.82 Å². The molecule has 0 amide bonds. The zero-order valence-corrected chi connectivity index (χ0v) is 10.8. The van der Waals surface area contributed by atoms with Crippen molar-refractivity contribution < 1.29 is 20.1 Å². The number of rotatable bonds is 3. The van der Waals surface area contributed by atoms with Crippen LogP contribution in [0.25, 0.3) is 0 Å². The first-order chi connectivity index (χ1) is 8.92. The third-order valence-electron chi connectivity index (χ3n) is 3.50. The molecule has 1 atom stereocenters. The van der Waals surface area contributed by atoms with Gasteiger partial charge >= 0.3 is 5.97 Å². The van der Waals surface area contributed by atoms with Crippen molar-refractivity contribution in [3.63, 3.8) is 0 Å². The van der Waals surface area contributed by atoms with Crippen molar-refractivity contribution in [1.29, 1.82) is 0 Å². The zero-order valence-electron chi connectivity index (χ0n) is 10.8. The largest absolute Gasteiger partial charge is 0.479 e. The molecular formula is C13H18N2O4. The van der Waals surface area contributed by atoms with Crippen LogP contribution in [0.3, 0.4) is 0 Å². The number of hydrogen-bond acceptors (Lipinski definition) is 5. The number of piperidine rings is 1. The number of carboxylic acid groups (broad SMARTS) is 1. The second-order valence-corrected chi connectivity index (χ2v) is 4.92. The average Bonchev–Trinajstić information content (AvgIpc) is 2.39. The molecule has 0 saturated carbocycles. The Morgan fingerprint density at radius 2 is 2.05 bits per heavy atom. The molecule has 1 saturated heterocycles. The van der Waals surface area contributed by atoms with Gasteiger partial charge in [-0.1, -0.05) is 6.07 Å². The summed E-state index contributed by atoms with van der Waals surface area (Å²) in [5.74, 6) is -0.469. The highest BCUT2D eigenvalue weighted by Gasteiger charge is 2.39. The fourth-order valence-corrected chi connectivity index (χ4v) is 2.17. The maximum atomic E-state index is 10.9. The number of aliphatic carboxylic acids is 1. The second-order valence-electron chi connectivity index (χ2n) is 4.92. The van der Waals surface area contributed by atoms with Crippen LogP contribution < -0.4 is 4.90 Å². The lowest BCUT2D eigenvalue weighted by Gasteiger charge is -2.36. The van der Waals surface area contributed by atoms with E-state index in [2.05, 4.69) is 4.98 Å². The van der Waals surface area contributed by atoms with Crippen LogP contribution in [-0.2, 0) is 4.79 Å². The van der Waals surface area contributed by atoms with Crippen molar-refractivity contribution in [2.75, 3.05) is 18.0 Å². The fraction of sp³-hybridized carbons (Fsp3) is 0.538. The number of aliphatic hydroxyl groups is 2. The van der Waals surface area contributed by atoms with Gasteiger partial charge in [-0.05, 0) is 19.1 Å². The zero-order chi connectivity index (χ0) is 14.0. The molecule has 1 aliphatic heterocycles. The van der Waals surface area contributed by atoms with E-state index in [9.17, 15) is 15.0 Å². The number of hydrogen-bond donors (Lipinski definition) is 3. The number of aromatic nitrogens is 1. The molecule has 0 aromatic carbocycles. The van der Waals surface area contributed by atoms with Crippen molar-refractivity contribution in [2.24, 2.45) is 0 Å². The van der Waals surface area contributed by atoms with Gasteiger partial charge in [0.1, 0.15) is 5.82 Å². The van der Waals surface area contributed by atoms with Gasteiger partial charge in [0.05, 0.1) is 11.8 Å². The lowest BCUT2D eigenvalue weighted by atomic mass is 9.91. The maximum absolute atomic E-state index is 10.9. The first-order valence-electron chi connectivity index (χ1n) is 6.28. The summed E-state index contributed by atoms with van der Waals surface area (Å²) >= 11 is 0. The highest BCUT2D eigenvalue weighted by atomic mass is 16.4. The standard InChI is InChI=1S/C13H18N2O4/c1-9(16)10-3-2-4-11(14-10)15-7-5-13(19,6-8-15)12(17)18/h2-4,9,16,19H,5-8H2,1H3,(H,17,18)/t9-/m1/s1. The van der Waals surface area contributed by atoms with E-state index >= 15 is 0 Å². The van der Waals surface area contributed by atoms with Crippen LogP contribution in [0.15, 0.2) is 18.2 Å². The van der Waals surface area contributed by atoms with E-state index in [4.69, 9.17) is 5.11 Å². The summed E-state index contributed by atoms with van der Waals surface area (Å²) in [6.07, 6.45) is -0.299. The first-order valence-corrected chi connectivity index (χ1v) is 6.28. The Bertz CT molecular complexity index is 467. The molecule has 0 aliphatic carbocycles. The molecule has 0 radical (unpaired) electrons. The number of carboxylic acids is 1. The molecule has 1 fully saturated rings.